The van der Waals surface area contributed by atoms with Crippen molar-refractivity contribution in [3.8, 4) is 11.3 Å². The van der Waals surface area contributed by atoms with Gasteiger partial charge in [-0.15, -0.1) is 0 Å². The van der Waals surface area contributed by atoms with Gasteiger partial charge in [0.05, 0.1) is 12.1 Å². The zero-order chi connectivity index (χ0) is 18.8. The van der Waals surface area contributed by atoms with Gasteiger partial charge in [-0.25, -0.2) is 0 Å². The van der Waals surface area contributed by atoms with Crippen LogP contribution in [0.25, 0.3) is 11.3 Å². The predicted octanol–water partition coefficient (Wildman–Crippen LogP) is 4.44. The van der Waals surface area contributed by atoms with Crippen LogP contribution in [0.15, 0.2) is 71.2 Å². The summed E-state index contributed by atoms with van der Waals surface area (Å²) in [6, 6.07) is 16.6. The number of halogens is 1. The third-order valence-electron chi connectivity index (χ3n) is 4.96. The molecule has 0 radical (unpaired) electrons. The van der Waals surface area contributed by atoms with Crippen LogP contribution in [0.5, 0.6) is 0 Å². The maximum absolute atomic E-state index is 13.1. The average Bonchev–Trinajstić information content (AvgIpc) is 3.17. The van der Waals surface area contributed by atoms with Crippen molar-refractivity contribution in [2.24, 2.45) is 5.73 Å². The molecule has 0 saturated carbocycles. The summed E-state index contributed by atoms with van der Waals surface area (Å²) in [5.74, 6) is 1.54. The van der Waals surface area contributed by atoms with Gasteiger partial charge in [-0.05, 0) is 48.7 Å². The number of nitrogens with two attached hydrogens (primary N) is 1. The Balaban J connectivity index is 1.54. The standard InChI is InChI=1S/C22H21ClN2O2/c23-17-10-7-15(8-11-17)14-18(24)22(26)25-13-2-1-5-19(25)21-12-9-16-4-3-6-20(16)27-21/h1-4,6-12,18-19H,5,13-14,24H2. The number of hydrogen-bond acceptors (Lipinski definition) is 3. The number of amides is 1. The van der Waals surface area contributed by atoms with Crippen molar-refractivity contribution in [3.63, 3.8) is 0 Å². The van der Waals surface area contributed by atoms with E-state index in [1.807, 2.05) is 65.6 Å². The Bertz CT molecular complexity index is 932. The summed E-state index contributed by atoms with van der Waals surface area (Å²) in [5.41, 5.74) is 8.30. The van der Waals surface area contributed by atoms with Crippen molar-refractivity contribution in [3.05, 3.63) is 83.1 Å². The first-order valence-corrected chi connectivity index (χ1v) is 9.43. The summed E-state index contributed by atoms with van der Waals surface area (Å²) >= 11 is 5.93. The molecule has 5 heteroatoms. The fraction of sp³-hybridized carbons (Fsp3) is 0.227. The van der Waals surface area contributed by atoms with Gasteiger partial charge < -0.3 is 15.1 Å². The number of hydrogen-bond donors (Lipinski definition) is 1. The largest absolute Gasteiger partial charge is 0.459 e. The number of carbonyl (C=O) groups is 1. The first-order valence-electron chi connectivity index (χ1n) is 9.06. The molecule has 0 saturated heterocycles. The molecule has 0 fully saturated rings. The maximum atomic E-state index is 13.1. The number of carbonyl (C=O) groups excluding carboxylic acids is 1. The Labute approximate surface area is 163 Å². The average molecular weight is 381 g/mol. The molecule has 2 heterocycles. The number of fused-ring (bicyclic) bond motifs is 1. The zero-order valence-corrected chi connectivity index (χ0v) is 15.6. The molecule has 2 unspecified atom stereocenters. The van der Waals surface area contributed by atoms with Crippen molar-refractivity contribution in [2.75, 3.05) is 6.54 Å². The molecule has 2 aliphatic heterocycles. The minimum absolute atomic E-state index is 0.0721. The predicted molar refractivity (Wildman–Crippen MR) is 107 cm³/mol. The monoisotopic (exact) mass is 380 g/mol. The fourth-order valence-corrected chi connectivity index (χ4v) is 3.64. The lowest BCUT2D eigenvalue weighted by Crippen LogP contribution is -2.47. The summed E-state index contributed by atoms with van der Waals surface area (Å²) in [6.45, 7) is 0.534. The van der Waals surface area contributed by atoms with Crippen LogP contribution >= 0.6 is 11.6 Å². The van der Waals surface area contributed by atoms with Crippen molar-refractivity contribution in [2.45, 2.75) is 24.9 Å². The van der Waals surface area contributed by atoms with Crippen LogP contribution in [-0.4, -0.2) is 23.4 Å². The van der Waals surface area contributed by atoms with Crippen LogP contribution in [0.2, 0.25) is 5.02 Å². The van der Waals surface area contributed by atoms with Gasteiger partial charge in [-0.2, -0.15) is 0 Å². The number of rotatable bonds is 4. The molecule has 1 aromatic carbocycles. The van der Waals surface area contributed by atoms with E-state index in [0.717, 1.165) is 29.1 Å². The Morgan fingerprint density at radius 1 is 1.15 bits per heavy atom. The lowest BCUT2D eigenvalue weighted by molar-refractivity contribution is -0.135. The van der Waals surface area contributed by atoms with Crippen molar-refractivity contribution in [1.82, 2.24) is 4.90 Å². The maximum Gasteiger partial charge on any atom is 0.240 e. The van der Waals surface area contributed by atoms with Crippen molar-refractivity contribution in [1.29, 1.82) is 0 Å². The first-order chi connectivity index (χ1) is 13.1. The Hall–Kier alpha value is -2.56. The molecular weight excluding hydrogens is 360 g/mol. The Kier molecular flexibility index (Phi) is 5.01. The third-order valence-corrected chi connectivity index (χ3v) is 5.22. The first kappa shape index (κ1) is 17.8. The highest BCUT2D eigenvalue weighted by molar-refractivity contribution is 6.30. The third kappa shape index (κ3) is 3.77. The van der Waals surface area contributed by atoms with Gasteiger partial charge in [-0.3, -0.25) is 4.79 Å². The highest BCUT2D eigenvalue weighted by Crippen LogP contribution is 2.33. The summed E-state index contributed by atoms with van der Waals surface area (Å²) in [6.07, 6.45) is 5.28. The molecule has 2 N–H and O–H groups in total. The molecular formula is C22H21ClN2O2. The Morgan fingerprint density at radius 2 is 1.96 bits per heavy atom. The van der Waals surface area contributed by atoms with Gasteiger partial charge >= 0.3 is 0 Å². The molecule has 0 bridgehead atoms. The van der Waals surface area contributed by atoms with E-state index in [2.05, 4.69) is 6.08 Å². The van der Waals surface area contributed by atoms with E-state index in [-0.39, 0.29) is 11.9 Å². The molecule has 4 rings (SSSR count). The second kappa shape index (κ2) is 7.59. The summed E-state index contributed by atoms with van der Waals surface area (Å²) in [4.78, 5) is 14.9. The van der Waals surface area contributed by atoms with E-state index in [1.165, 1.54) is 0 Å². The van der Waals surface area contributed by atoms with Crippen LogP contribution < -0.4 is 5.73 Å². The molecule has 4 nitrogen and oxygen atoms in total. The number of benzene rings is 1. The molecule has 138 valence electrons. The van der Waals surface area contributed by atoms with Gasteiger partial charge in [0, 0.05) is 17.1 Å². The summed E-state index contributed by atoms with van der Waals surface area (Å²) < 4.78 is 6.05. The minimum atomic E-state index is -0.608. The van der Waals surface area contributed by atoms with Gasteiger partial charge in [-0.1, -0.05) is 48.0 Å². The molecule has 1 aromatic rings. The lowest BCUT2D eigenvalue weighted by Gasteiger charge is -2.34. The van der Waals surface area contributed by atoms with E-state index in [0.29, 0.717) is 18.0 Å². The second-order valence-electron chi connectivity index (χ2n) is 6.83. The van der Waals surface area contributed by atoms with Crippen LogP contribution in [0.1, 0.15) is 23.8 Å². The van der Waals surface area contributed by atoms with Gasteiger partial charge in [0.25, 0.3) is 0 Å². The SMILES string of the molecule is NC(Cc1ccc(Cl)cc1)C(=O)N1CC=CCC1c1ccc2cccc-2o1. The summed E-state index contributed by atoms with van der Waals surface area (Å²) in [5, 5.41) is 0.671. The van der Waals surface area contributed by atoms with E-state index < -0.39 is 6.04 Å². The topological polar surface area (TPSA) is 59.5 Å². The molecule has 1 aliphatic carbocycles. The van der Waals surface area contributed by atoms with Crippen LogP contribution in [0.3, 0.4) is 0 Å². The highest BCUT2D eigenvalue weighted by Gasteiger charge is 2.31. The van der Waals surface area contributed by atoms with Crippen LogP contribution in [0.4, 0.5) is 0 Å². The molecule has 27 heavy (non-hydrogen) atoms. The zero-order valence-electron chi connectivity index (χ0n) is 14.8. The molecule has 0 spiro atoms. The summed E-state index contributed by atoms with van der Waals surface area (Å²) in [7, 11) is 0. The van der Waals surface area contributed by atoms with E-state index in [1.54, 1.807) is 0 Å². The highest BCUT2D eigenvalue weighted by atomic mass is 35.5. The molecule has 0 aromatic heterocycles. The van der Waals surface area contributed by atoms with Gasteiger partial charge in [0.1, 0.15) is 11.5 Å². The van der Waals surface area contributed by atoms with E-state index in [9.17, 15) is 4.79 Å². The second-order valence-corrected chi connectivity index (χ2v) is 7.27. The normalized spacial score (nSPS) is 18.0. The van der Waals surface area contributed by atoms with E-state index >= 15 is 0 Å². The van der Waals surface area contributed by atoms with Crippen LogP contribution in [0, 0.1) is 0 Å². The Morgan fingerprint density at radius 3 is 2.78 bits per heavy atom. The van der Waals surface area contributed by atoms with Gasteiger partial charge in [0.15, 0.2) is 0 Å². The molecule has 3 aliphatic rings. The van der Waals surface area contributed by atoms with Crippen molar-refractivity contribution >= 4 is 17.5 Å². The van der Waals surface area contributed by atoms with Crippen LogP contribution in [-0.2, 0) is 11.2 Å². The molecule has 2 atom stereocenters. The van der Waals surface area contributed by atoms with Crippen molar-refractivity contribution < 1.29 is 9.21 Å². The minimum Gasteiger partial charge on any atom is -0.459 e. The van der Waals surface area contributed by atoms with Gasteiger partial charge in [0.2, 0.25) is 5.91 Å². The quantitative estimate of drug-likeness (QED) is 0.681. The molecule has 1 amide bonds. The number of nitrogens with zero attached hydrogens (tertiary/aromatic N) is 1. The smallest absolute Gasteiger partial charge is 0.240 e. The lowest BCUT2D eigenvalue weighted by atomic mass is 10.0. The fourth-order valence-electron chi connectivity index (χ4n) is 3.52. The van der Waals surface area contributed by atoms with E-state index in [4.69, 9.17) is 21.8 Å².